The number of nitrogens with two attached hydrogens (primary N) is 1. The third kappa shape index (κ3) is 3.24. The van der Waals surface area contributed by atoms with E-state index in [1.165, 1.54) is 0 Å². The van der Waals surface area contributed by atoms with E-state index < -0.39 is 23.6 Å². The molecule has 0 aliphatic carbocycles. The van der Waals surface area contributed by atoms with Crippen LogP contribution in [0.5, 0.6) is 0 Å². The van der Waals surface area contributed by atoms with E-state index in [-0.39, 0.29) is 5.56 Å². The predicted molar refractivity (Wildman–Crippen MR) is 73.3 cm³/mol. The van der Waals surface area contributed by atoms with Crippen LogP contribution >= 0.6 is 0 Å². The van der Waals surface area contributed by atoms with Gasteiger partial charge in [-0.15, -0.1) is 0 Å². The van der Waals surface area contributed by atoms with Crippen LogP contribution in [0.1, 0.15) is 33.9 Å². The molecule has 2 aromatic rings. The van der Waals surface area contributed by atoms with E-state index in [1.54, 1.807) is 13.0 Å². The van der Waals surface area contributed by atoms with Crippen LogP contribution in [0.2, 0.25) is 0 Å². The van der Waals surface area contributed by atoms with Crippen LogP contribution in [0.25, 0.3) is 0 Å². The van der Waals surface area contributed by atoms with Crippen molar-refractivity contribution in [2.45, 2.75) is 26.1 Å². The summed E-state index contributed by atoms with van der Waals surface area (Å²) < 4.78 is 52.1. The fourth-order valence-corrected chi connectivity index (χ4v) is 2.22. The molecule has 2 rings (SSSR count). The number of hydrogen-bond acceptors (Lipinski definition) is 1. The maximum absolute atomic E-state index is 13.9. The van der Waals surface area contributed by atoms with Crippen LogP contribution in [0.4, 0.5) is 17.6 Å². The molecule has 0 bridgehead atoms. The molecular formula is C16H15F4N. The van der Waals surface area contributed by atoms with Crippen molar-refractivity contribution in [2.24, 2.45) is 5.73 Å². The van der Waals surface area contributed by atoms with Gasteiger partial charge in [-0.05, 0) is 43.2 Å². The molecule has 0 fully saturated rings. The Labute approximate surface area is 120 Å². The third-order valence-corrected chi connectivity index (χ3v) is 3.43. The summed E-state index contributed by atoms with van der Waals surface area (Å²) in [5.41, 5.74) is 7.28. The molecular weight excluding hydrogens is 282 g/mol. The van der Waals surface area contributed by atoms with Gasteiger partial charge in [-0.2, -0.15) is 13.2 Å². The highest BCUT2D eigenvalue weighted by Gasteiger charge is 2.32. The zero-order chi connectivity index (χ0) is 15.8. The summed E-state index contributed by atoms with van der Waals surface area (Å²) in [5.74, 6) is -0.739. The minimum atomic E-state index is -4.52. The Morgan fingerprint density at radius 2 is 1.62 bits per heavy atom. The summed E-state index contributed by atoms with van der Waals surface area (Å²) in [4.78, 5) is 0. The highest BCUT2D eigenvalue weighted by Crippen LogP contribution is 2.33. The van der Waals surface area contributed by atoms with E-state index in [1.807, 2.05) is 19.1 Å². The Bertz CT molecular complexity index is 662. The van der Waals surface area contributed by atoms with Crippen LogP contribution in [0, 0.1) is 19.7 Å². The van der Waals surface area contributed by atoms with Gasteiger partial charge >= 0.3 is 6.18 Å². The topological polar surface area (TPSA) is 26.0 Å². The summed E-state index contributed by atoms with van der Waals surface area (Å²) in [5, 5.41) is 0. The molecule has 5 heteroatoms. The number of aryl methyl sites for hydroxylation is 2. The average Bonchev–Trinajstić information content (AvgIpc) is 2.40. The first-order valence-electron chi connectivity index (χ1n) is 6.39. The van der Waals surface area contributed by atoms with Gasteiger partial charge in [0.2, 0.25) is 0 Å². The SMILES string of the molecule is Cc1ccc(C)c(C(N)c2cc(C(F)(F)F)ccc2F)c1. The molecule has 0 aliphatic rings. The van der Waals surface area contributed by atoms with Crippen molar-refractivity contribution in [3.63, 3.8) is 0 Å². The molecule has 112 valence electrons. The summed E-state index contributed by atoms with van der Waals surface area (Å²) in [6.45, 7) is 3.64. The molecule has 0 aromatic heterocycles. The van der Waals surface area contributed by atoms with Gasteiger partial charge in [0, 0.05) is 5.56 Å². The lowest BCUT2D eigenvalue weighted by molar-refractivity contribution is -0.137. The standard InChI is InChI=1S/C16H15F4N/c1-9-3-4-10(2)12(7-9)15(21)13-8-11(16(18,19)20)5-6-14(13)17/h3-8,15H,21H2,1-2H3. The summed E-state index contributed by atoms with van der Waals surface area (Å²) in [7, 11) is 0. The molecule has 0 saturated carbocycles. The maximum Gasteiger partial charge on any atom is 0.416 e. The van der Waals surface area contributed by atoms with Gasteiger partial charge in [-0.25, -0.2) is 4.39 Å². The van der Waals surface area contributed by atoms with Crippen molar-refractivity contribution in [1.82, 2.24) is 0 Å². The van der Waals surface area contributed by atoms with E-state index >= 15 is 0 Å². The zero-order valence-electron chi connectivity index (χ0n) is 11.6. The van der Waals surface area contributed by atoms with E-state index in [2.05, 4.69) is 0 Å². The highest BCUT2D eigenvalue weighted by molar-refractivity contribution is 5.40. The quantitative estimate of drug-likeness (QED) is 0.811. The average molecular weight is 297 g/mol. The molecule has 21 heavy (non-hydrogen) atoms. The number of rotatable bonds is 2. The van der Waals surface area contributed by atoms with Crippen molar-refractivity contribution in [3.05, 3.63) is 70.0 Å². The second-order valence-corrected chi connectivity index (χ2v) is 5.07. The van der Waals surface area contributed by atoms with Crippen LogP contribution in [-0.4, -0.2) is 0 Å². The molecule has 0 aliphatic heterocycles. The fraction of sp³-hybridized carbons (Fsp3) is 0.250. The Morgan fingerprint density at radius 3 is 2.24 bits per heavy atom. The van der Waals surface area contributed by atoms with Crippen LogP contribution in [0.3, 0.4) is 0 Å². The Hall–Kier alpha value is -1.88. The summed E-state index contributed by atoms with van der Waals surface area (Å²) in [6, 6.07) is 6.82. The minimum Gasteiger partial charge on any atom is -0.320 e. The molecule has 0 amide bonds. The van der Waals surface area contributed by atoms with Gasteiger partial charge in [0.05, 0.1) is 11.6 Å². The van der Waals surface area contributed by atoms with Crippen LogP contribution < -0.4 is 5.73 Å². The van der Waals surface area contributed by atoms with Crippen molar-refractivity contribution in [1.29, 1.82) is 0 Å². The van der Waals surface area contributed by atoms with Gasteiger partial charge in [0.15, 0.2) is 0 Å². The molecule has 2 aromatic carbocycles. The first-order valence-corrected chi connectivity index (χ1v) is 6.39. The second-order valence-electron chi connectivity index (χ2n) is 5.07. The highest BCUT2D eigenvalue weighted by atomic mass is 19.4. The second kappa shape index (κ2) is 5.48. The molecule has 0 saturated heterocycles. The number of alkyl halides is 3. The van der Waals surface area contributed by atoms with Gasteiger partial charge in [0.1, 0.15) is 5.82 Å². The maximum atomic E-state index is 13.9. The van der Waals surface area contributed by atoms with Gasteiger partial charge in [0.25, 0.3) is 0 Å². The summed E-state index contributed by atoms with van der Waals surface area (Å²) in [6.07, 6.45) is -4.52. The van der Waals surface area contributed by atoms with E-state index in [9.17, 15) is 17.6 Å². The van der Waals surface area contributed by atoms with Crippen molar-refractivity contribution in [2.75, 3.05) is 0 Å². The molecule has 2 N–H and O–H groups in total. The zero-order valence-corrected chi connectivity index (χ0v) is 11.6. The Balaban J connectivity index is 2.52. The smallest absolute Gasteiger partial charge is 0.320 e. The van der Waals surface area contributed by atoms with Crippen LogP contribution in [0.15, 0.2) is 36.4 Å². The van der Waals surface area contributed by atoms with Gasteiger partial charge in [-0.1, -0.05) is 23.8 Å². The molecule has 1 unspecified atom stereocenters. The summed E-state index contributed by atoms with van der Waals surface area (Å²) >= 11 is 0. The normalized spacial score (nSPS) is 13.3. The number of hydrogen-bond donors (Lipinski definition) is 1. The van der Waals surface area contributed by atoms with Crippen molar-refractivity contribution in [3.8, 4) is 0 Å². The Kier molecular flexibility index (Phi) is 4.05. The molecule has 0 spiro atoms. The predicted octanol–water partition coefficient (Wildman–Crippen LogP) is 4.51. The van der Waals surface area contributed by atoms with Crippen molar-refractivity contribution >= 4 is 0 Å². The number of halogens is 4. The Morgan fingerprint density at radius 1 is 0.952 bits per heavy atom. The first-order chi connectivity index (χ1) is 9.70. The largest absolute Gasteiger partial charge is 0.416 e. The molecule has 0 radical (unpaired) electrons. The van der Waals surface area contributed by atoms with E-state index in [0.717, 1.165) is 23.3 Å². The van der Waals surface area contributed by atoms with E-state index in [4.69, 9.17) is 5.73 Å². The van der Waals surface area contributed by atoms with Gasteiger partial charge in [-0.3, -0.25) is 0 Å². The fourth-order valence-electron chi connectivity index (χ4n) is 2.22. The van der Waals surface area contributed by atoms with Gasteiger partial charge < -0.3 is 5.73 Å². The third-order valence-electron chi connectivity index (χ3n) is 3.43. The first kappa shape index (κ1) is 15.5. The molecule has 1 atom stereocenters. The lowest BCUT2D eigenvalue weighted by Gasteiger charge is -2.18. The van der Waals surface area contributed by atoms with Crippen molar-refractivity contribution < 1.29 is 17.6 Å². The monoisotopic (exact) mass is 297 g/mol. The van der Waals surface area contributed by atoms with Crippen LogP contribution in [-0.2, 0) is 6.18 Å². The molecule has 0 heterocycles. The lowest BCUT2D eigenvalue weighted by Crippen LogP contribution is -2.17. The lowest BCUT2D eigenvalue weighted by atomic mass is 9.93. The molecule has 1 nitrogen and oxygen atoms in total. The number of benzene rings is 2. The van der Waals surface area contributed by atoms with E-state index in [0.29, 0.717) is 11.6 Å². The minimum absolute atomic E-state index is 0.154.